The fourth-order valence-electron chi connectivity index (χ4n) is 2.64. The lowest BCUT2D eigenvalue weighted by Gasteiger charge is -2.26. The van der Waals surface area contributed by atoms with E-state index in [4.69, 9.17) is 0 Å². The Hall–Kier alpha value is -1.55. The molecule has 0 N–H and O–H groups in total. The standard InChI is InChI=1S/C17H20N2OS/c1-17(2,3)16-15(21-19-18-16)14(20)13-9-5-8-12(10-13)11-6-4-7-11/h5,8-11H,4,6-7H2,1-3H3. The Morgan fingerprint density at radius 3 is 2.67 bits per heavy atom. The normalized spacial score (nSPS) is 15.8. The van der Waals surface area contributed by atoms with Crippen LogP contribution < -0.4 is 0 Å². The number of benzene rings is 1. The van der Waals surface area contributed by atoms with E-state index >= 15 is 0 Å². The molecule has 0 bridgehead atoms. The lowest BCUT2D eigenvalue weighted by molar-refractivity contribution is 0.104. The Labute approximate surface area is 129 Å². The minimum atomic E-state index is -0.163. The first-order valence-corrected chi connectivity index (χ1v) is 8.21. The first-order valence-electron chi connectivity index (χ1n) is 7.44. The molecule has 0 saturated heterocycles. The molecule has 2 aromatic rings. The summed E-state index contributed by atoms with van der Waals surface area (Å²) in [5, 5.41) is 4.17. The van der Waals surface area contributed by atoms with E-state index in [2.05, 4.69) is 42.5 Å². The largest absolute Gasteiger partial charge is 0.288 e. The third kappa shape index (κ3) is 2.77. The number of carbonyl (C=O) groups is 1. The second-order valence-corrected chi connectivity index (χ2v) is 7.54. The van der Waals surface area contributed by atoms with Gasteiger partial charge in [0.2, 0.25) is 5.78 Å². The summed E-state index contributed by atoms with van der Waals surface area (Å²) in [5.74, 6) is 0.690. The van der Waals surface area contributed by atoms with Crippen molar-refractivity contribution in [1.82, 2.24) is 9.59 Å². The summed E-state index contributed by atoms with van der Waals surface area (Å²) < 4.78 is 3.99. The smallest absolute Gasteiger partial charge is 0.206 e. The predicted molar refractivity (Wildman–Crippen MR) is 85.1 cm³/mol. The molecule has 3 nitrogen and oxygen atoms in total. The second-order valence-electron chi connectivity index (χ2n) is 6.78. The Balaban J connectivity index is 1.94. The third-order valence-electron chi connectivity index (χ3n) is 4.13. The number of ketones is 1. The van der Waals surface area contributed by atoms with Crippen LogP contribution in [0.25, 0.3) is 0 Å². The van der Waals surface area contributed by atoms with E-state index in [-0.39, 0.29) is 11.2 Å². The third-order valence-corrected chi connectivity index (χ3v) is 4.85. The van der Waals surface area contributed by atoms with Crippen molar-refractivity contribution >= 4 is 17.3 Å². The molecule has 1 saturated carbocycles. The molecule has 1 aromatic carbocycles. The van der Waals surface area contributed by atoms with Crippen LogP contribution >= 0.6 is 11.5 Å². The van der Waals surface area contributed by atoms with E-state index < -0.39 is 0 Å². The van der Waals surface area contributed by atoms with Gasteiger partial charge in [0.1, 0.15) is 4.88 Å². The van der Waals surface area contributed by atoms with Crippen molar-refractivity contribution in [2.45, 2.75) is 51.4 Å². The van der Waals surface area contributed by atoms with Gasteiger partial charge in [-0.25, -0.2) is 0 Å². The van der Waals surface area contributed by atoms with E-state index in [9.17, 15) is 4.79 Å². The molecule has 1 aliphatic rings. The molecule has 3 rings (SSSR count). The fraction of sp³-hybridized carbons (Fsp3) is 0.471. The summed E-state index contributed by atoms with van der Waals surface area (Å²) in [4.78, 5) is 13.5. The van der Waals surface area contributed by atoms with E-state index in [1.807, 2.05) is 12.1 Å². The molecule has 0 radical (unpaired) electrons. The number of carbonyl (C=O) groups excluding carboxylic acids is 1. The van der Waals surface area contributed by atoms with Gasteiger partial charge in [-0.3, -0.25) is 4.79 Å². The summed E-state index contributed by atoms with van der Waals surface area (Å²) in [5.41, 5.74) is 2.69. The molecule has 0 atom stereocenters. The molecule has 1 fully saturated rings. The molecule has 110 valence electrons. The van der Waals surface area contributed by atoms with Crippen LogP contribution in [0.15, 0.2) is 24.3 Å². The SMILES string of the molecule is CC(C)(C)c1nnsc1C(=O)c1cccc(C2CCC2)c1. The summed E-state index contributed by atoms with van der Waals surface area (Å²) in [6, 6.07) is 8.08. The highest BCUT2D eigenvalue weighted by molar-refractivity contribution is 7.08. The predicted octanol–water partition coefficient (Wildman–Crippen LogP) is 4.33. The van der Waals surface area contributed by atoms with Crippen LogP contribution in [0, 0.1) is 0 Å². The second kappa shape index (κ2) is 5.34. The minimum absolute atomic E-state index is 0.0519. The molecule has 0 unspecified atom stereocenters. The van der Waals surface area contributed by atoms with Crippen molar-refractivity contribution in [3.63, 3.8) is 0 Å². The molecular weight excluding hydrogens is 280 g/mol. The molecule has 0 amide bonds. The zero-order valence-electron chi connectivity index (χ0n) is 12.7. The van der Waals surface area contributed by atoms with Crippen LogP contribution in [-0.4, -0.2) is 15.4 Å². The highest BCUT2D eigenvalue weighted by Crippen LogP contribution is 2.37. The number of hydrogen-bond donors (Lipinski definition) is 0. The van der Waals surface area contributed by atoms with Crippen LogP contribution in [0.3, 0.4) is 0 Å². The maximum atomic E-state index is 12.8. The summed E-state index contributed by atoms with van der Waals surface area (Å²) >= 11 is 1.20. The monoisotopic (exact) mass is 300 g/mol. The average Bonchev–Trinajstić information content (AvgIpc) is 2.85. The molecular formula is C17H20N2OS. The molecule has 1 aliphatic carbocycles. The van der Waals surface area contributed by atoms with Crippen LogP contribution in [0.5, 0.6) is 0 Å². The summed E-state index contributed by atoms with van der Waals surface area (Å²) in [6.07, 6.45) is 3.79. The maximum Gasteiger partial charge on any atom is 0.206 e. The number of aromatic nitrogens is 2. The van der Waals surface area contributed by atoms with Gasteiger partial charge in [0.25, 0.3) is 0 Å². The zero-order valence-corrected chi connectivity index (χ0v) is 13.5. The first-order chi connectivity index (χ1) is 9.97. The van der Waals surface area contributed by atoms with Gasteiger partial charge in [0.05, 0.1) is 5.69 Å². The molecule has 1 aromatic heterocycles. The number of nitrogens with zero attached hydrogens (tertiary/aromatic N) is 2. The van der Waals surface area contributed by atoms with Crippen molar-refractivity contribution in [3.05, 3.63) is 46.0 Å². The highest BCUT2D eigenvalue weighted by atomic mass is 32.1. The van der Waals surface area contributed by atoms with Crippen molar-refractivity contribution in [2.75, 3.05) is 0 Å². The molecule has 0 spiro atoms. The lowest BCUT2D eigenvalue weighted by atomic mass is 9.79. The first kappa shape index (κ1) is 14.4. The van der Waals surface area contributed by atoms with Gasteiger partial charge in [-0.05, 0) is 41.9 Å². The van der Waals surface area contributed by atoms with Crippen molar-refractivity contribution in [3.8, 4) is 0 Å². The molecule has 21 heavy (non-hydrogen) atoms. The van der Waals surface area contributed by atoms with Crippen molar-refractivity contribution < 1.29 is 4.79 Å². The molecule has 0 aliphatic heterocycles. The van der Waals surface area contributed by atoms with Crippen LogP contribution in [0.1, 0.15) is 72.4 Å². The Morgan fingerprint density at radius 2 is 2.05 bits per heavy atom. The summed E-state index contributed by atoms with van der Waals surface area (Å²) in [6.45, 7) is 6.18. The molecule has 4 heteroatoms. The van der Waals surface area contributed by atoms with E-state index in [1.165, 1.54) is 36.4 Å². The minimum Gasteiger partial charge on any atom is -0.288 e. The van der Waals surface area contributed by atoms with Gasteiger partial charge in [-0.1, -0.05) is 49.9 Å². The Kier molecular flexibility index (Phi) is 3.66. The Bertz CT molecular complexity index is 665. The number of rotatable bonds is 3. The van der Waals surface area contributed by atoms with Crippen LogP contribution in [0.2, 0.25) is 0 Å². The lowest BCUT2D eigenvalue weighted by Crippen LogP contribution is -2.17. The average molecular weight is 300 g/mol. The highest BCUT2D eigenvalue weighted by Gasteiger charge is 2.27. The van der Waals surface area contributed by atoms with Gasteiger partial charge in [0.15, 0.2) is 0 Å². The maximum absolute atomic E-state index is 12.8. The van der Waals surface area contributed by atoms with Gasteiger partial charge < -0.3 is 0 Å². The van der Waals surface area contributed by atoms with E-state index in [1.54, 1.807) is 0 Å². The van der Waals surface area contributed by atoms with E-state index in [0.29, 0.717) is 10.8 Å². The Morgan fingerprint density at radius 1 is 1.29 bits per heavy atom. The van der Waals surface area contributed by atoms with Gasteiger partial charge >= 0.3 is 0 Å². The zero-order chi connectivity index (χ0) is 15.0. The van der Waals surface area contributed by atoms with Crippen molar-refractivity contribution in [2.24, 2.45) is 0 Å². The molecule has 1 heterocycles. The topological polar surface area (TPSA) is 42.9 Å². The fourth-order valence-corrected chi connectivity index (χ4v) is 3.48. The van der Waals surface area contributed by atoms with Crippen molar-refractivity contribution in [1.29, 1.82) is 0 Å². The number of hydrogen-bond acceptors (Lipinski definition) is 4. The van der Waals surface area contributed by atoms with E-state index in [0.717, 1.165) is 11.3 Å². The van der Waals surface area contributed by atoms with Gasteiger partial charge in [0, 0.05) is 11.0 Å². The van der Waals surface area contributed by atoms with Crippen LogP contribution in [0.4, 0.5) is 0 Å². The van der Waals surface area contributed by atoms with Crippen LogP contribution in [-0.2, 0) is 5.41 Å². The summed E-state index contributed by atoms with van der Waals surface area (Å²) in [7, 11) is 0. The van der Waals surface area contributed by atoms with Gasteiger partial charge in [-0.2, -0.15) is 0 Å². The quantitative estimate of drug-likeness (QED) is 0.792. The van der Waals surface area contributed by atoms with Gasteiger partial charge in [-0.15, -0.1) is 5.10 Å².